The number of anilines is 1. The van der Waals surface area contributed by atoms with Crippen LogP contribution in [0, 0.1) is 12.3 Å². The maximum Gasteiger partial charge on any atom is 0.165 e. The van der Waals surface area contributed by atoms with E-state index in [1.807, 2.05) is 16.6 Å². The standard InChI is InChI=1S/C22H25Cl2N5/c1-14-12-18(28-10-8-22(9-11-28)7-3-6-17(22)25)29-21(26-13-27-29)19(14)15-4-2-5-16(23)20(15)24/h2,4-5,12-13,17H,3,6-11,25H2,1H3. The Hall–Kier alpha value is -1.82. The molecule has 2 N–H and O–H groups in total. The predicted octanol–water partition coefficient (Wildman–Crippen LogP) is 5.11. The van der Waals surface area contributed by atoms with Crippen LogP contribution in [0.1, 0.15) is 37.7 Å². The minimum atomic E-state index is 0.335. The minimum Gasteiger partial charge on any atom is -0.356 e. The van der Waals surface area contributed by atoms with E-state index in [1.54, 1.807) is 12.4 Å². The van der Waals surface area contributed by atoms with Crippen LogP contribution in [0.15, 0.2) is 30.6 Å². The van der Waals surface area contributed by atoms with Crippen molar-refractivity contribution in [1.82, 2.24) is 14.6 Å². The number of rotatable bonds is 2. The van der Waals surface area contributed by atoms with Crippen molar-refractivity contribution in [2.75, 3.05) is 18.0 Å². The zero-order valence-corrected chi connectivity index (χ0v) is 18.0. The first-order valence-electron chi connectivity index (χ1n) is 10.3. The van der Waals surface area contributed by atoms with Gasteiger partial charge < -0.3 is 10.6 Å². The second-order valence-corrected chi connectivity index (χ2v) is 9.29. The van der Waals surface area contributed by atoms with Crippen molar-refractivity contribution in [3.63, 3.8) is 0 Å². The number of hydrogen-bond acceptors (Lipinski definition) is 4. The lowest BCUT2D eigenvalue weighted by Crippen LogP contribution is -2.47. The number of aryl methyl sites for hydroxylation is 1. The van der Waals surface area contributed by atoms with Crippen LogP contribution in [0.4, 0.5) is 5.82 Å². The van der Waals surface area contributed by atoms with Gasteiger partial charge in [-0.1, -0.05) is 41.8 Å². The van der Waals surface area contributed by atoms with Crippen molar-refractivity contribution in [2.24, 2.45) is 11.1 Å². The summed E-state index contributed by atoms with van der Waals surface area (Å²) in [6.07, 6.45) is 7.60. The van der Waals surface area contributed by atoms with Gasteiger partial charge in [-0.15, -0.1) is 0 Å². The highest BCUT2D eigenvalue weighted by atomic mass is 35.5. The summed E-state index contributed by atoms with van der Waals surface area (Å²) in [4.78, 5) is 6.99. The van der Waals surface area contributed by atoms with Gasteiger partial charge >= 0.3 is 0 Å². The number of fused-ring (bicyclic) bond motifs is 1. The molecule has 0 radical (unpaired) electrons. The van der Waals surface area contributed by atoms with E-state index in [2.05, 4.69) is 28.0 Å². The van der Waals surface area contributed by atoms with Crippen molar-refractivity contribution < 1.29 is 0 Å². The number of piperidine rings is 1. The fraction of sp³-hybridized carbons (Fsp3) is 0.455. The normalized spacial score (nSPS) is 21.4. The van der Waals surface area contributed by atoms with Gasteiger partial charge in [0.15, 0.2) is 5.65 Å². The van der Waals surface area contributed by atoms with Gasteiger partial charge in [0.2, 0.25) is 0 Å². The summed E-state index contributed by atoms with van der Waals surface area (Å²) in [5.74, 6) is 1.08. The third-order valence-electron chi connectivity index (χ3n) is 7.01. The fourth-order valence-electron chi connectivity index (χ4n) is 5.31. The lowest BCUT2D eigenvalue weighted by atomic mass is 9.74. The molecule has 2 aromatic heterocycles. The van der Waals surface area contributed by atoms with E-state index in [4.69, 9.17) is 28.9 Å². The lowest BCUT2D eigenvalue weighted by Gasteiger charge is -2.43. The van der Waals surface area contributed by atoms with Gasteiger partial charge in [-0.3, -0.25) is 0 Å². The highest BCUT2D eigenvalue weighted by molar-refractivity contribution is 6.43. The van der Waals surface area contributed by atoms with Crippen molar-refractivity contribution in [1.29, 1.82) is 0 Å². The van der Waals surface area contributed by atoms with Crippen LogP contribution < -0.4 is 10.6 Å². The van der Waals surface area contributed by atoms with E-state index in [-0.39, 0.29) is 0 Å². The second kappa shape index (κ2) is 7.15. The molecule has 1 saturated carbocycles. The second-order valence-electron chi connectivity index (χ2n) is 8.51. The third kappa shape index (κ3) is 3.02. The Morgan fingerprint density at radius 2 is 1.97 bits per heavy atom. The third-order valence-corrected chi connectivity index (χ3v) is 7.83. The Kier molecular flexibility index (Phi) is 4.72. The van der Waals surface area contributed by atoms with Crippen LogP contribution in [0.2, 0.25) is 10.0 Å². The summed E-state index contributed by atoms with van der Waals surface area (Å²) < 4.78 is 1.94. The number of aromatic nitrogens is 3. The number of nitrogens with two attached hydrogens (primary N) is 1. The summed E-state index contributed by atoms with van der Waals surface area (Å²) in [6.45, 7) is 4.10. The molecule has 2 aliphatic rings. The van der Waals surface area contributed by atoms with E-state index in [0.29, 0.717) is 21.5 Å². The Morgan fingerprint density at radius 3 is 2.69 bits per heavy atom. The molecular formula is C22H25Cl2N5. The maximum absolute atomic E-state index is 6.53. The lowest BCUT2D eigenvalue weighted by molar-refractivity contribution is 0.197. The van der Waals surface area contributed by atoms with Crippen LogP contribution in [-0.2, 0) is 0 Å². The molecule has 0 bridgehead atoms. The summed E-state index contributed by atoms with van der Waals surface area (Å²) in [5.41, 5.74) is 10.6. The van der Waals surface area contributed by atoms with Gasteiger partial charge in [-0.25, -0.2) is 4.98 Å². The van der Waals surface area contributed by atoms with Crippen LogP contribution in [0.5, 0.6) is 0 Å². The summed E-state index contributed by atoms with van der Waals surface area (Å²) >= 11 is 12.8. The topological polar surface area (TPSA) is 59.5 Å². The van der Waals surface area contributed by atoms with Crippen molar-refractivity contribution in [2.45, 2.75) is 45.1 Å². The predicted molar refractivity (Wildman–Crippen MR) is 119 cm³/mol. The number of benzene rings is 1. The molecule has 152 valence electrons. The molecule has 0 amide bonds. The first-order valence-corrected chi connectivity index (χ1v) is 11.0. The number of hydrogen-bond donors (Lipinski definition) is 1. The highest BCUT2D eigenvalue weighted by Crippen LogP contribution is 2.46. The largest absolute Gasteiger partial charge is 0.356 e. The number of nitrogens with zero attached hydrogens (tertiary/aromatic N) is 4. The van der Waals surface area contributed by atoms with Crippen LogP contribution >= 0.6 is 23.2 Å². The molecule has 5 rings (SSSR count). The maximum atomic E-state index is 6.53. The molecule has 29 heavy (non-hydrogen) atoms. The molecule has 1 aromatic carbocycles. The molecule has 3 aromatic rings. The molecule has 5 nitrogen and oxygen atoms in total. The summed E-state index contributed by atoms with van der Waals surface area (Å²) in [6, 6.07) is 8.25. The molecule has 1 aliphatic heterocycles. The molecular weight excluding hydrogens is 405 g/mol. The van der Waals surface area contributed by atoms with Gasteiger partial charge in [-0.2, -0.15) is 9.61 Å². The van der Waals surface area contributed by atoms with Crippen LogP contribution in [-0.4, -0.2) is 33.7 Å². The molecule has 2 fully saturated rings. The van der Waals surface area contributed by atoms with Crippen molar-refractivity contribution in [3.05, 3.63) is 46.2 Å². The summed E-state index contributed by atoms with van der Waals surface area (Å²) in [5, 5.41) is 5.63. The zero-order chi connectivity index (χ0) is 20.2. The van der Waals surface area contributed by atoms with Crippen molar-refractivity contribution in [3.8, 4) is 11.1 Å². The Balaban J connectivity index is 1.54. The quantitative estimate of drug-likeness (QED) is 0.614. The van der Waals surface area contributed by atoms with Gasteiger partial charge in [-0.05, 0) is 55.7 Å². The van der Waals surface area contributed by atoms with E-state index in [0.717, 1.165) is 54.1 Å². The number of pyridine rings is 1. The van der Waals surface area contributed by atoms with E-state index < -0.39 is 0 Å². The van der Waals surface area contributed by atoms with Crippen LogP contribution in [0.3, 0.4) is 0 Å². The van der Waals surface area contributed by atoms with Crippen LogP contribution in [0.25, 0.3) is 16.8 Å². The first kappa shape index (κ1) is 19.2. The Labute approximate surface area is 180 Å². The first-order chi connectivity index (χ1) is 14.0. The molecule has 1 aliphatic carbocycles. The van der Waals surface area contributed by atoms with Gasteiger partial charge in [0.25, 0.3) is 0 Å². The smallest absolute Gasteiger partial charge is 0.165 e. The monoisotopic (exact) mass is 429 g/mol. The van der Waals surface area contributed by atoms with Crippen molar-refractivity contribution >= 4 is 34.7 Å². The molecule has 1 atom stereocenters. The average molecular weight is 430 g/mol. The minimum absolute atomic E-state index is 0.335. The Bertz CT molecular complexity index is 1070. The molecule has 1 unspecified atom stereocenters. The fourth-order valence-corrected chi connectivity index (χ4v) is 5.70. The molecule has 1 spiro atoms. The average Bonchev–Trinajstić information content (AvgIpc) is 3.33. The number of halogens is 2. The zero-order valence-electron chi connectivity index (χ0n) is 16.5. The summed E-state index contributed by atoms with van der Waals surface area (Å²) in [7, 11) is 0. The van der Waals surface area contributed by atoms with E-state index in [9.17, 15) is 0 Å². The Morgan fingerprint density at radius 1 is 1.17 bits per heavy atom. The van der Waals surface area contributed by atoms with E-state index >= 15 is 0 Å². The molecule has 3 heterocycles. The highest BCUT2D eigenvalue weighted by Gasteiger charge is 2.43. The molecule has 7 heteroatoms. The van der Waals surface area contributed by atoms with Gasteiger partial charge in [0.1, 0.15) is 12.1 Å². The van der Waals surface area contributed by atoms with E-state index in [1.165, 1.54) is 19.3 Å². The van der Waals surface area contributed by atoms with Gasteiger partial charge in [0.05, 0.1) is 10.0 Å². The molecule has 1 saturated heterocycles. The van der Waals surface area contributed by atoms with Gasteiger partial charge in [0, 0.05) is 30.3 Å². The SMILES string of the molecule is Cc1cc(N2CCC3(CCCC3N)CC2)n2ncnc2c1-c1cccc(Cl)c1Cl.